The fraction of sp³-hybridized carbons (Fsp3) is 0.0952. The number of fused-ring (bicyclic) bond motifs is 1. The van der Waals surface area contributed by atoms with Gasteiger partial charge >= 0.3 is 0 Å². The van der Waals surface area contributed by atoms with Crippen LogP contribution < -0.4 is 9.62 Å². The fourth-order valence-corrected chi connectivity index (χ4v) is 4.25. The molecular weight excluding hydrogens is 402 g/mol. The molecule has 0 bridgehead atoms. The summed E-state index contributed by atoms with van der Waals surface area (Å²) in [6.45, 7) is 0.158. The average molecular weight is 421 g/mol. The molecule has 2 aromatic carbocycles. The predicted molar refractivity (Wildman–Crippen MR) is 113 cm³/mol. The van der Waals surface area contributed by atoms with Gasteiger partial charge in [0.25, 0.3) is 15.9 Å². The van der Waals surface area contributed by atoms with E-state index >= 15 is 0 Å². The van der Waals surface area contributed by atoms with E-state index in [0.717, 1.165) is 0 Å². The number of sulfonamides is 1. The molecule has 1 amide bonds. The third-order valence-corrected chi connectivity index (χ3v) is 6.45. The van der Waals surface area contributed by atoms with E-state index in [4.69, 9.17) is 0 Å². The number of aromatic nitrogens is 3. The summed E-state index contributed by atoms with van der Waals surface area (Å²) in [6, 6.07) is 20.2. The third-order valence-electron chi connectivity index (χ3n) is 4.67. The Morgan fingerprint density at radius 1 is 1.00 bits per heavy atom. The van der Waals surface area contributed by atoms with Gasteiger partial charge in [-0.1, -0.05) is 30.3 Å². The first kappa shape index (κ1) is 19.6. The number of benzene rings is 2. The van der Waals surface area contributed by atoms with Gasteiger partial charge < -0.3 is 5.32 Å². The van der Waals surface area contributed by atoms with Crippen LogP contribution >= 0.6 is 0 Å². The van der Waals surface area contributed by atoms with Gasteiger partial charge in [-0.2, -0.15) is 0 Å². The highest BCUT2D eigenvalue weighted by atomic mass is 32.2. The molecule has 0 spiro atoms. The molecule has 0 fully saturated rings. The Labute approximate surface area is 173 Å². The molecule has 2 aromatic heterocycles. The highest BCUT2D eigenvalue weighted by Crippen LogP contribution is 2.22. The second-order valence-electron chi connectivity index (χ2n) is 6.56. The van der Waals surface area contributed by atoms with E-state index in [1.54, 1.807) is 40.8 Å². The van der Waals surface area contributed by atoms with Gasteiger partial charge in [0.05, 0.1) is 17.1 Å². The second kappa shape index (κ2) is 7.96. The maximum Gasteiger partial charge on any atom is 0.264 e. The molecule has 152 valence electrons. The smallest absolute Gasteiger partial charge is 0.264 e. The highest BCUT2D eigenvalue weighted by Gasteiger charge is 2.22. The molecule has 1 N–H and O–H groups in total. The van der Waals surface area contributed by atoms with Crippen LogP contribution in [0.4, 0.5) is 5.69 Å². The summed E-state index contributed by atoms with van der Waals surface area (Å²) in [7, 11) is -2.33. The van der Waals surface area contributed by atoms with Crippen LogP contribution in [0, 0.1) is 0 Å². The zero-order chi connectivity index (χ0) is 21.1. The highest BCUT2D eigenvalue weighted by molar-refractivity contribution is 7.92. The minimum atomic E-state index is -3.81. The number of amides is 1. The minimum absolute atomic E-state index is 0.0365. The molecule has 0 saturated carbocycles. The number of pyridine rings is 1. The normalized spacial score (nSPS) is 11.4. The molecule has 8 nitrogen and oxygen atoms in total. The van der Waals surface area contributed by atoms with Crippen molar-refractivity contribution in [2.45, 2.75) is 11.4 Å². The van der Waals surface area contributed by atoms with Crippen LogP contribution in [0.5, 0.6) is 0 Å². The van der Waals surface area contributed by atoms with E-state index in [-0.39, 0.29) is 17.0 Å². The predicted octanol–water partition coefficient (Wildman–Crippen LogP) is 2.48. The molecule has 30 heavy (non-hydrogen) atoms. The molecule has 2 heterocycles. The van der Waals surface area contributed by atoms with Gasteiger partial charge in [0.1, 0.15) is 0 Å². The van der Waals surface area contributed by atoms with Crippen molar-refractivity contribution in [3.8, 4) is 0 Å². The zero-order valence-electron chi connectivity index (χ0n) is 16.1. The number of hydrogen-bond donors (Lipinski definition) is 1. The third kappa shape index (κ3) is 3.74. The van der Waals surface area contributed by atoms with Crippen molar-refractivity contribution >= 4 is 27.3 Å². The van der Waals surface area contributed by atoms with Crippen LogP contribution in [0.3, 0.4) is 0 Å². The first-order chi connectivity index (χ1) is 14.5. The lowest BCUT2D eigenvalue weighted by Crippen LogP contribution is -2.27. The van der Waals surface area contributed by atoms with E-state index in [2.05, 4.69) is 15.5 Å². The van der Waals surface area contributed by atoms with Crippen molar-refractivity contribution in [2.75, 3.05) is 11.4 Å². The second-order valence-corrected chi connectivity index (χ2v) is 8.53. The number of carbonyl (C=O) groups excluding carboxylic acids is 1. The molecule has 4 aromatic rings. The number of rotatable bonds is 6. The van der Waals surface area contributed by atoms with Crippen molar-refractivity contribution in [1.29, 1.82) is 0 Å². The van der Waals surface area contributed by atoms with Gasteiger partial charge in [-0.3, -0.25) is 13.5 Å². The van der Waals surface area contributed by atoms with Crippen molar-refractivity contribution < 1.29 is 13.2 Å². The monoisotopic (exact) mass is 421 g/mol. The Balaban J connectivity index is 1.53. The minimum Gasteiger partial charge on any atom is -0.345 e. The summed E-state index contributed by atoms with van der Waals surface area (Å²) < 4.78 is 28.9. The molecule has 0 radical (unpaired) electrons. The van der Waals surface area contributed by atoms with Crippen molar-refractivity contribution in [3.63, 3.8) is 0 Å². The zero-order valence-corrected chi connectivity index (χ0v) is 17.0. The fourth-order valence-electron chi connectivity index (χ4n) is 3.01. The first-order valence-electron chi connectivity index (χ1n) is 9.18. The number of hydrogen-bond acceptors (Lipinski definition) is 5. The quantitative estimate of drug-likeness (QED) is 0.516. The topological polar surface area (TPSA) is 96.7 Å². The molecule has 0 atom stereocenters. The lowest BCUT2D eigenvalue weighted by atomic mass is 10.2. The number of anilines is 1. The Kier molecular flexibility index (Phi) is 5.20. The Morgan fingerprint density at radius 2 is 1.77 bits per heavy atom. The van der Waals surface area contributed by atoms with E-state index in [0.29, 0.717) is 17.2 Å². The van der Waals surface area contributed by atoms with Gasteiger partial charge in [-0.05, 0) is 42.5 Å². The first-order valence-corrected chi connectivity index (χ1v) is 10.6. The molecule has 0 aliphatic heterocycles. The van der Waals surface area contributed by atoms with E-state index in [9.17, 15) is 13.2 Å². The van der Waals surface area contributed by atoms with Crippen LogP contribution in [-0.2, 0) is 16.6 Å². The van der Waals surface area contributed by atoms with E-state index in [1.165, 1.54) is 23.5 Å². The summed E-state index contributed by atoms with van der Waals surface area (Å²) in [5.74, 6) is 0.175. The number of nitrogens with one attached hydrogen (secondary N) is 1. The van der Waals surface area contributed by atoms with Crippen LogP contribution in [0.2, 0.25) is 0 Å². The Bertz CT molecular complexity index is 1300. The lowest BCUT2D eigenvalue weighted by molar-refractivity contribution is 0.0949. The van der Waals surface area contributed by atoms with Gasteiger partial charge in [0.2, 0.25) is 0 Å². The molecule has 0 unspecified atom stereocenters. The van der Waals surface area contributed by atoms with E-state index in [1.807, 2.05) is 30.5 Å². The lowest BCUT2D eigenvalue weighted by Gasteiger charge is -2.19. The standard InChI is InChI=1S/C21H19N5O3S/c1-25(17-9-3-2-4-10-17)30(28,29)18-11-7-8-16(14-18)21(27)22-15-20-24-23-19-12-5-6-13-26(19)20/h2-14H,15H2,1H3,(H,22,27). The molecular formula is C21H19N5O3S. The van der Waals surface area contributed by atoms with E-state index < -0.39 is 15.9 Å². The van der Waals surface area contributed by atoms with Crippen molar-refractivity contribution in [3.05, 3.63) is 90.4 Å². The number of carbonyl (C=O) groups is 1. The van der Waals surface area contributed by atoms with Crippen molar-refractivity contribution in [1.82, 2.24) is 19.9 Å². The maximum absolute atomic E-state index is 13.0. The maximum atomic E-state index is 13.0. The Hall–Kier alpha value is -3.72. The van der Waals surface area contributed by atoms with Crippen LogP contribution in [0.25, 0.3) is 5.65 Å². The SMILES string of the molecule is CN(c1ccccc1)S(=O)(=O)c1cccc(C(=O)NCc2nnc3ccccn23)c1. The summed E-state index contributed by atoms with van der Waals surface area (Å²) in [6.07, 6.45) is 1.81. The Morgan fingerprint density at radius 3 is 2.57 bits per heavy atom. The molecule has 0 saturated heterocycles. The molecule has 0 aliphatic rings. The molecule has 0 aliphatic carbocycles. The van der Waals surface area contributed by atoms with Crippen molar-refractivity contribution in [2.24, 2.45) is 0 Å². The van der Waals surface area contributed by atoms with Gasteiger partial charge in [-0.15, -0.1) is 10.2 Å². The van der Waals surface area contributed by atoms with Gasteiger partial charge in [0.15, 0.2) is 11.5 Å². The van der Waals surface area contributed by atoms with Crippen LogP contribution in [0.15, 0.2) is 83.9 Å². The number of para-hydroxylation sites is 1. The summed E-state index contributed by atoms with van der Waals surface area (Å²) >= 11 is 0. The van der Waals surface area contributed by atoms with Gasteiger partial charge in [-0.25, -0.2) is 8.42 Å². The van der Waals surface area contributed by atoms with Gasteiger partial charge in [0, 0.05) is 18.8 Å². The summed E-state index contributed by atoms with van der Waals surface area (Å²) in [5.41, 5.74) is 1.45. The molecule has 4 rings (SSSR count). The van der Waals surface area contributed by atoms with Crippen LogP contribution in [-0.4, -0.2) is 36.0 Å². The number of nitrogens with zero attached hydrogens (tertiary/aromatic N) is 4. The van der Waals surface area contributed by atoms with Crippen LogP contribution in [0.1, 0.15) is 16.2 Å². The average Bonchev–Trinajstić information content (AvgIpc) is 3.20. The summed E-state index contributed by atoms with van der Waals surface area (Å²) in [4.78, 5) is 12.7. The molecule has 9 heteroatoms. The largest absolute Gasteiger partial charge is 0.345 e. The summed E-state index contributed by atoms with van der Waals surface area (Å²) in [5, 5.41) is 10.9.